The number of anilines is 3. The molecule has 0 unspecified atom stereocenters. The van der Waals surface area contributed by atoms with E-state index in [1.807, 2.05) is 11.3 Å². The lowest BCUT2D eigenvalue weighted by Gasteiger charge is -2.30. The third kappa shape index (κ3) is 5.74. The van der Waals surface area contributed by atoms with Gasteiger partial charge < -0.3 is 4.90 Å². The number of hydrogen-bond acceptors (Lipinski definition) is 2. The number of benzene rings is 9. The first-order valence-electron chi connectivity index (χ1n) is 18.4. The van der Waals surface area contributed by atoms with Crippen LogP contribution in [0.5, 0.6) is 0 Å². The lowest BCUT2D eigenvalue weighted by molar-refractivity contribution is 1.28. The molecule has 0 aliphatic carbocycles. The number of fused-ring (bicyclic) bond motifs is 4. The molecule has 0 radical (unpaired) electrons. The highest BCUT2D eigenvalue weighted by Crippen LogP contribution is 2.46. The fourth-order valence-electron chi connectivity index (χ4n) is 7.87. The summed E-state index contributed by atoms with van der Waals surface area (Å²) < 4.78 is 2.63. The SMILES string of the molecule is c1ccc(-c2ccc(-c3ccccc3N(c3ccc(-c4cccc5ccccc45)cc3)c3ccccc3-c3ccc4sc5ccccc5c4c3)cc2)cc1. The molecular formula is C52H35NS. The summed E-state index contributed by atoms with van der Waals surface area (Å²) in [5, 5.41) is 5.11. The van der Waals surface area contributed by atoms with Crippen LogP contribution >= 0.6 is 11.3 Å². The summed E-state index contributed by atoms with van der Waals surface area (Å²) in [5.41, 5.74) is 12.9. The van der Waals surface area contributed by atoms with Gasteiger partial charge in [0, 0.05) is 37.0 Å². The van der Waals surface area contributed by atoms with Crippen molar-refractivity contribution in [1.29, 1.82) is 0 Å². The molecule has 9 aromatic carbocycles. The van der Waals surface area contributed by atoms with Gasteiger partial charge in [0.1, 0.15) is 0 Å². The normalized spacial score (nSPS) is 11.3. The first kappa shape index (κ1) is 32.0. The Hall–Kier alpha value is -6.74. The zero-order valence-electron chi connectivity index (χ0n) is 29.6. The molecule has 10 rings (SSSR count). The van der Waals surface area contributed by atoms with Crippen LogP contribution in [0.4, 0.5) is 17.1 Å². The van der Waals surface area contributed by atoms with Crippen molar-refractivity contribution in [3.63, 3.8) is 0 Å². The second kappa shape index (κ2) is 13.7. The predicted octanol–water partition coefficient (Wildman–Crippen LogP) is 15.3. The van der Waals surface area contributed by atoms with E-state index in [4.69, 9.17) is 0 Å². The number of nitrogens with zero attached hydrogens (tertiary/aromatic N) is 1. The van der Waals surface area contributed by atoms with E-state index in [1.54, 1.807) is 0 Å². The first-order valence-corrected chi connectivity index (χ1v) is 19.2. The van der Waals surface area contributed by atoms with Crippen LogP contribution in [0.25, 0.3) is 75.5 Å². The molecule has 0 aliphatic heterocycles. The molecule has 0 saturated heterocycles. The van der Waals surface area contributed by atoms with E-state index in [0.29, 0.717) is 0 Å². The van der Waals surface area contributed by atoms with Gasteiger partial charge in [-0.3, -0.25) is 0 Å². The van der Waals surface area contributed by atoms with Crippen LogP contribution < -0.4 is 4.90 Å². The third-order valence-electron chi connectivity index (χ3n) is 10.5. The fourth-order valence-corrected chi connectivity index (χ4v) is 8.95. The Morgan fingerprint density at radius 2 is 0.796 bits per heavy atom. The van der Waals surface area contributed by atoms with Crippen molar-refractivity contribution >= 4 is 59.3 Å². The topological polar surface area (TPSA) is 3.24 Å². The monoisotopic (exact) mass is 705 g/mol. The molecule has 2 heteroatoms. The summed E-state index contributed by atoms with van der Waals surface area (Å²) in [7, 11) is 0. The molecule has 1 heterocycles. The minimum Gasteiger partial charge on any atom is -0.309 e. The average Bonchev–Trinajstić information content (AvgIpc) is 3.63. The molecule has 54 heavy (non-hydrogen) atoms. The number of hydrogen-bond donors (Lipinski definition) is 0. The Morgan fingerprint density at radius 1 is 0.296 bits per heavy atom. The maximum atomic E-state index is 2.44. The van der Waals surface area contributed by atoms with Crippen molar-refractivity contribution < 1.29 is 0 Å². The predicted molar refractivity (Wildman–Crippen MR) is 233 cm³/mol. The van der Waals surface area contributed by atoms with Gasteiger partial charge in [-0.2, -0.15) is 0 Å². The van der Waals surface area contributed by atoms with Crippen molar-refractivity contribution in [2.24, 2.45) is 0 Å². The minimum absolute atomic E-state index is 1.10. The van der Waals surface area contributed by atoms with Crippen molar-refractivity contribution in [3.05, 3.63) is 212 Å². The van der Waals surface area contributed by atoms with Crippen LogP contribution in [0.1, 0.15) is 0 Å². The maximum absolute atomic E-state index is 2.44. The van der Waals surface area contributed by atoms with E-state index in [-0.39, 0.29) is 0 Å². The highest BCUT2D eigenvalue weighted by molar-refractivity contribution is 7.25. The van der Waals surface area contributed by atoms with Crippen LogP contribution in [0, 0.1) is 0 Å². The van der Waals surface area contributed by atoms with E-state index in [1.165, 1.54) is 75.5 Å². The summed E-state index contributed by atoms with van der Waals surface area (Å²) in [6.07, 6.45) is 0. The van der Waals surface area contributed by atoms with Crippen LogP contribution in [0.3, 0.4) is 0 Å². The summed E-state index contributed by atoms with van der Waals surface area (Å²) in [5.74, 6) is 0. The average molecular weight is 706 g/mol. The molecule has 0 fully saturated rings. The van der Waals surface area contributed by atoms with Crippen molar-refractivity contribution in [2.75, 3.05) is 4.90 Å². The zero-order chi connectivity index (χ0) is 35.8. The molecular weight excluding hydrogens is 671 g/mol. The van der Waals surface area contributed by atoms with Gasteiger partial charge >= 0.3 is 0 Å². The van der Waals surface area contributed by atoms with Crippen LogP contribution in [0.15, 0.2) is 212 Å². The van der Waals surface area contributed by atoms with Gasteiger partial charge in [0.25, 0.3) is 0 Å². The Balaban J connectivity index is 1.15. The standard InChI is InChI=1S/C52H35NS/c1-2-13-36(14-3-1)37-25-27-40(28-26-37)45-18-6-9-22-49(45)53(42-32-29-39(30-33-42)44-21-12-16-38-15-4-5-17-43(38)44)50-23-10-7-19-46(50)41-31-34-52-48(35-41)47-20-8-11-24-51(47)54-52/h1-35H. The fraction of sp³-hybridized carbons (Fsp3) is 0. The van der Waals surface area contributed by atoms with Gasteiger partial charge in [0.2, 0.25) is 0 Å². The van der Waals surface area contributed by atoms with E-state index >= 15 is 0 Å². The van der Waals surface area contributed by atoms with Crippen molar-refractivity contribution in [1.82, 2.24) is 0 Å². The van der Waals surface area contributed by atoms with E-state index in [0.717, 1.165) is 17.1 Å². The Morgan fingerprint density at radius 3 is 1.57 bits per heavy atom. The maximum Gasteiger partial charge on any atom is 0.0540 e. The number of rotatable bonds is 7. The summed E-state index contributed by atoms with van der Waals surface area (Å²) in [6.45, 7) is 0. The second-order valence-corrected chi connectivity index (χ2v) is 14.8. The van der Waals surface area contributed by atoms with E-state index in [2.05, 4.69) is 217 Å². The van der Waals surface area contributed by atoms with E-state index in [9.17, 15) is 0 Å². The lowest BCUT2D eigenvalue weighted by atomic mass is 9.96. The molecule has 10 aromatic rings. The molecule has 1 nitrogen and oxygen atoms in total. The van der Waals surface area contributed by atoms with Gasteiger partial charge in [-0.1, -0.05) is 170 Å². The summed E-state index contributed by atoms with van der Waals surface area (Å²) in [6, 6.07) is 77.2. The minimum atomic E-state index is 1.10. The van der Waals surface area contributed by atoms with Crippen LogP contribution in [-0.2, 0) is 0 Å². The quantitative estimate of drug-likeness (QED) is 0.160. The summed E-state index contributed by atoms with van der Waals surface area (Å²) >= 11 is 1.86. The van der Waals surface area contributed by atoms with Crippen molar-refractivity contribution in [3.8, 4) is 44.5 Å². The van der Waals surface area contributed by atoms with Gasteiger partial charge in [-0.15, -0.1) is 11.3 Å². The molecule has 0 aliphatic rings. The Kier molecular flexibility index (Phi) is 8.09. The van der Waals surface area contributed by atoms with E-state index < -0.39 is 0 Å². The van der Waals surface area contributed by atoms with Gasteiger partial charge in [0.15, 0.2) is 0 Å². The Labute approximate surface area is 319 Å². The second-order valence-electron chi connectivity index (χ2n) is 13.7. The Bertz CT molecular complexity index is 2920. The molecule has 0 N–H and O–H groups in total. The molecule has 254 valence electrons. The molecule has 0 saturated carbocycles. The first-order chi connectivity index (χ1) is 26.8. The zero-order valence-corrected chi connectivity index (χ0v) is 30.4. The smallest absolute Gasteiger partial charge is 0.0540 e. The molecule has 1 aromatic heterocycles. The van der Waals surface area contributed by atoms with Crippen LogP contribution in [-0.4, -0.2) is 0 Å². The largest absolute Gasteiger partial charge is 0.309 e. The van der Waals surface area contributed by atoms with Gasteiger partial charge in [0.05, 0.1) is 11.4 Å². The highest BCUT2D eigenvalue weighted by atomic mass is 32.1. The number of para-hydroxylation sites is 2. The molecule has 0 spiro atoms. The molecule has 0 amide bonds. The van der Waals surface area contributed by atoms with Gasteiger partial charge in [-0.05, 0) is 86.6 Å². The molecule has 0 bridgehead atoms. The van der Waals surface area contributed by atoms with Crippen molar-refractivity contribution in [2.45, 2.75) is 0 Å². The lowest BCUT2D eigenvalue weighted by Crippen LogP contribution is -2.12. The highest BCUT2D eigenvalue weighted by Gasteiger charge is 2.21. The summed E-state index contributed by atoms with van der Waals surface area (Å²) in [4.78, 5) is 2.44. The molecule has 0 atom stereocenters. The number of thiophene rings is 1. The third-order valence-corrected chi connectivity index (χ3v) is 11.7. The van der Waals surface area contributed by atoms with Crippen LogP contribution in [0.2, 0.25) is 0 Å². The van der Waals surface area contributed by atoms with Gasteiger partial charge in [-0.25, -0.2) is 0 Å².